The van der Waals surface area contributed by atoms with E-state index in [0.717, 1.165) is 44.6 Å². The van der Waals surface area contributed by atoms with Gasteiger partial charge in [-0.25, -0.2) is 13.4 Å². The molecule has 0 N–H and O–H groups in total. The van der Waals surface area contributed by atoms with Gasteiger partial charge in [-0.15, -0.1) is 11.3 Å². The number of nitrogens with zero attached hydrogens (tertiary/aromatic N) is 3. The predicted octanol–water partition coefficient (Wildman–Crippen LogP) is 3.61. The van der Waals surface area contributed by atoms with E-state index >= 15 is 0 Å². The number of hydrogen-bond acceptors (Lipinski definition) is 5. The van der Waals surface area contributed by atoms with E-state index in [1.165, 1.54) is 16.6 Å². The van der Waals surface area contributed by atoms with Crippen molar-refractivity contribution in [1.82, 2.24) is 9.29 Å². The first-order valence-corrected chi connectivity index (χ1v) is 11.4. The zero-order valence-electron chi connectivity index (χ0n) is 14.7. The minimum Gasteiger partial charge on any atom is -0.353 e. The number of piperidine rings is 1. The van der Waals surface area contributed by atoms with Crippen LogP contribution in [-0.4, -0.2) is 43.9 Å². The highest BCUT2D eigenvalue weighted by Gasteiger charge is 2.26. The van der Waals surface area contributed by atoms with Crippen LogP contribution in [0.1, 0.15) is 30.6 Å². The van der Waals surface area contributed by atoms with Crippen LogP contribution in [0, 0.1) is 0 Å². The third kappa shape index (κ3) is 3.56. The van der Waals surface area contributed by atoms with Crippen molar-refractivity contribution in [3.8, 4) is 0 Å². The van der Waals surface area contributed by atoms with Crippen molar-refractivity contribution in [3.63, 3.8) is 0 Å². The van der Waals surface area contributed by atoms with Gasteiger partial charge in [0.15, 0.2) is 0 Å². The summed E-state index contributed by atoms with van der Waals surface area (Å²) in [5.74, 6) is 0.837. The van der Waals surface area contributed by atoms with Crippen LogP contribution in [0.2, 0.25) is 0 Å². The first-order chi connectivity index (χ1) is 12.6. The van der Waals surface area contributed by atoms with Crippen molar-refractivity contribution < 1.29 is 8.42 Å². The van der Waals surface area contributed by atoms with Gasteiger partial charge in [-0.1, -0.05) is 18.6 Å². The maximum absolute atomic E-state index is 12.7. The molecule has 4 heterocycles. The molecule has 1 saturated heterocycles. The molecular weight excluding hydrogens is 366 g/mol. The Balaban J connectivity index is 1.47. The monoisotopic (exact) mass is 389 g/mol. The van der Waals surface area contributed by atoms with Gasteiger partial charge in [0.1, 0.15) is 10.7 Å². The molecule has 0 atom stereocenters. The largest absolute Gasteiger partial charge is 0.353 e. The molecule has 0 bridgehead atoms. The summed E-state index contributed by atoms with van der Waals surface area (Å²) in [5, 5.41) is 2.10. The fraction of sp³-hybridized carbons (Fsp3) is 0.421. The SMILES string of the molecule is O=S(=O)(c1ccc(N2CC=C(c3cccs3)CC2)nc1)N1CCCCC1. The lowest BCUT2D eigenvalue weighted by Crippen LogP contribution is -2.35. The van der Waals surface area contributed by atoms with Crippen LogP contribution in [0.4, 0.5) is 5.82 Å². The summed E-state index contributed by atoms with van der Waals surface area (Å²) in [4.78, 5) is 8.27. The number of anilines is 1. The molecular formula is C19H23N3O2S2. The lowest BCUT2D eigenvalue weighted by Gasteiger charge is -2.28. The fourth-order valence-corrected chi connectivity index (χ4v) is 5.79. The van der Waals surface area contributed by atoms with E-state index in [1.807, 2.05) is 6.07 Å². The molecule has 0 aromatic carbocycles. The second-order valence-corrected chi connectivity index (χ2v) is 9.61. The van der Waals surface area contributed by atoms with Gasteiger partial charge < -0.3 is 4.90 Å². The van der Waals surface area contributed by atoms with Crippen LogP contribution in [-0.2, 0) is 10.0 Å². The van der Waals surface area contributed by atoms with Gasteiger partial charge in [-0.05, 0) is 48.4 Å². The van der Waals surface area contributed by atoms with E-state index in [0.29, 0.717) is 18.0 Å². The van der Waals surface area contributed by atoms with Crippen molar-refractivity contribution in [2.45, 2.75) is 30.6 Å². The molecule has 1 fully saturated rings. The molecule has 2 aliphatic heterocycles. The van der Waals surface area contributed by atoms with E-state index in [2.05, 4.69) is 33.5 Å². The summed E-state index contributed by atoms with van der Waals surface area (Å²) in [5.41, 5.74) is 1.39. The van der Waals surface area contributed by atoms with Crippen LogP contribution in [0.5, 0.6) is 0 Å². The number of sulfonamides is 1. The number of thiophene rings is 1. The summed E-state index contributed by atoms with van der Waals surface area (Å²) in [7, 11) is -3.41. The molecule has 0 saturated carbocycles. The molecule has 2 aromatic heterocycles. The molecule has 0 amide bonds. The topological polar surface area (TPSA) is 53.5 Å². The van der Waals surface area contributed by atoms with Crippen LogP contribution in [0.15, 0.2) is 46.8 Å². The van der Waals surface area contributed by atoms with Crippen LogP contribution >= 0.6 is 11.3 Å². The van der Waals surface area contributed by atoms with Crippen molar-refractivity contribution in [1.29, 1.82) is 0 Å². The quantitative estimate of drug-likeness (QED) is 0.802. The Kier molecular flexibility index (Phi) is 5.11. The smallest absolute Gasteiger partial charge is 0.244 e. The van der Waals surface area contributed by atoms with E-state index in [-0.39, 0.29) is 0 Å². The molecule has 2 aromatic rings. The Labute approximate surface area is 159 Å². The number of aromatic nitrogens is 1. The van der Waals surface area contributed by atoms with Gasteiger partial charge in [-0.2, -0.15) is 4.31 Å². The van der Waals surface area contributed by atoms with Crippen molar-refractivity contribution in [2.75, 3.05) is 31.1 Å². The molecule has 138 valence electrons. The third-order valence-electron chi connectivity index (χ3n) is 5.04. The minimum absolute atomic E-state index is 0.301. The minimum atomic E-state index is -3.41. The van der Waals surface area contributed by atoms with Crippen molar-refractivity contribution >= 4 is 32.8 Å². The second-order valence-electron chi connectivity index (χ2n) is 6.72. The Hall–Kier alpha value is -1.70. The average Bonchev–Trinajstić information content (AvgIpc) is 3.24. The second kappa shape index (κ2) is 7.50. The number of hydrogen-bond donors (Lipinski definition) is 0. The van der Waals surface area contributed by atoms with Gasteiger partial charge in [-0.3, -0.25) is 0 Å². The summed E-state index contributed by atoms with van der Waals surface area (Å²) in [6, 6.07) is 7.77. The predicted molar refractivity (Wildman–Crippen MR) is 106 cm³/mol. The first-order valence-electron chi connectivity index (χ1n) is 9.09. The number of pyridine rings is 1. The molecule has 5 nitrogen and oxygen atoms in total. The Morgan fingerprint density at radius 2 is 1.88 bits per heavy atom. The highest BCUT2D eigenvalue weighted by atomic mass is 32.2. The van der Waals surface area contributed by atoms with Gasteiger partial charge in [0.2, 0.25) is 10.0 Å². The zero-order valence-corrected chi connectivity index (χ0v) is 16.3. The van der Waals surface area contributed by atoms with Crippen LogP contribution < -0.4 is 4.90 Å². The standard InChI is InChI=1S/C19H23N3O2S2/c23-26(24,22-10-2-1-3-11-22)17-6-7-19(20-15-17)21-12-8-16(9-13-21)18-5-4-14-25-18/h4-8,14-15H,1-3,9-13H2. The van der Waals surface area contributed by atoms with Crippen molar-refractivity contribution in [2.24, 2.45) is 0 Å². The average molecular weight is 390 g/mol. The summed E-state index contributed by atoms with van der Waals surface area (Å²) in [6.45, 7) is 2.94. The summed E-state index contributed by atoms with van der Waals surface area (Å²) < 4.78 is 27.0. The zero-order chi connectivity index (χ0) is 18.0. The van der Waals surface area contributed by atoms with Gasteiger partial charge >= 0.3 is 0 Å². The van der Waals surface area contributed by atoms with E-state index in [9.17, 15) is 8.42 Å². The number of rotatable bonds is 4. The Morgan fingerprint density at radius 3 is 2.50 bits per heavy atom. The van der Waals surface area contributed by atoms with Gasteiger partial charge in [0, 0.05) is 37.3 Å². The van der Waals surface area contributed by atoms with Crippen molar-refractivity contribution in [3.05, 3.63) is 46.8 Å². The first kappa shape index (κ1) is 17.7. The fourth-order valence-electron chi connectivity index (χ4n) is 3.53. The normalized spacial score (nSPS) is 19.4. The Morgan fingerprint density at radius 1 is 1.04 bits per heavy atom. The Bertz CT molecular complexity index is 868. The van der Waals surface area contributed by atoms with Gasteiger partial charge in [0.05, 0.1) is 0 Å². The molecule has 0 unspecified atom stereocenters. The molecule has 2 aliphatic rings. The van der Waals surface area contributed by atoms with E-state index < -0.39 is 10.0 Å². The maximum Gasteiger partial charge on any atom is 0.244 e. The molecule has 0 radical (unpaired) electrons. The lowest BCUT2D eigenvalue weighted by molar-refractivity contribution is 0.346. The van der Waals surface area contributed by atoms with Crippen LogP contribution in [0.3, 0.4) is 0 Å². The maximum atomic E-state index is 12.7. The highest BCUT2D eigenvalue weighted by molar-refractivity contribution is 7.89. The van der Waals surface area contributed by atoms with E-state index in [1.54, 1.807) is 21.7 Å². The van der Waals surface area contributed by atoms with Gasteiger partial charge in [0.25, 0.3) is 0 Å². The summed E-state index contributed by atoms with van der Waals surface area (Å²) >= 11 is 1.77. The highest BCUT2D eigenvalue weighted by Crippen LogP contribution is 2.28. The van der Waals surface area contributed by atoms with Crippen LogP contribution in [0.25, 0.3) is 5.57 Å². The third-order valence-corrected chi connectivity index (χ3v) is 7.87. The van der Waals surface area contributed by atoms with E-state index in [4.69, 9.17) is 0 Å². The lowest BCUT2D eigenvalue weighted by atomic mass is 10.1. The molecule has 26 heavy (non-hydrogen) atoms. The molecule has 0 spiro atoms. The molecule has 0 aliphatic carbocycles. The molecule has 7 heteroatoms. The summed E-state index contributed by atoms with van der Waals surface area (Å²) in [6.07, 6.45) is 7.73. The molecule has 4 rings (SSSR count).